The molecule has 0 spiro atoms. The van der Waals surface area contributed by atoms with Crippen molar-refractivity contribution in [3.63, 3.8) is 0 Å². The molecule has 144 valence electrons. The maximum absolute atomic E-state index is 12.5. The molecule has 0 saturated carbocycles. The van der Waals surface area contributed by atoms with E-state index in [0.717, 1.165) is 35.3 Å². The summed E-state index contributed by atoms with van der Waals surface area (Å²) >= 11 is 0. The number of methoxy groups -OCH3 is 1. The molecule has 28 heavy (non-hydrogen) atoms. The van der Waals surface area contributed by atoms with E-state index in [0.29, 0.717) is 0 Å². The highest BCUT2D eigenvalue weighted by Gasteiger charge is 2.11. The Hall–Kier alpha value is -2.92. The van der Waals surface area contributed by atoms with Gasteiger partial charge < -0.3 is 4.74 Å². The van der Waals surface area contributed by atoms with Gasteiger partial charge in [-0.2, -0.15) is 12.8 Å². The van der Waals surface area contributed by atoms with Gasteiger partial charge in [-0.3, -0.25) is 0 Å². The van der Waals surface area contributed by atoms with E-state index < -0.39 is 10.0 Å². The van der Waals surface area contributed by atoms with Crippen molar-refractivity contribution in [1.82, 2.24) is 0 Å². The van der Waals surface area contributed by atoms with Gasteiger partial charge in [0.15, 0.2) is 0 Å². The molecule has 0 aliphatic carbocycles. The molecule has 0 unspecified atom stereocenters. The summed E-state index contributed by atoms with van der Waals surface area (Å²) in [4.78, 5) is 0.199. The van der Waals surface area contributed by atoms with Crippen molar-refractivity contribution >= 4 is 16.2 Å². The van der Waals surface area contributed by atoms with Crippen LogP contribution in [-0.4, -0.2) is 21.7 Å². The Morgan fingerprint density at radius 1 is 0.893 bits per heavy atom. The number of rotatable bonds is 7. The van der Waals surface area contributed by atoms with Gasteiger partial charge >= 0.3 is 0 Å². The van der Waals surface area contributed by atoms with Gasteiger partial charge in [-0.25, -0.2) is 0 Å². The number of nitrogens with zero attached hydrogens (tertiary/aromatic N) is 1. The van der Waals surface area contributed by atoms with E-state index in [2.05, 4.69) is 4.40 Å². The Morgan fingerprint density at radius 2 is 1.57 bits per heavy atom. The third-order valence-corrected chi connectivity index (χ3v) is 5.80. The zero-order chi connectivity index (χ0) is 20.0. The normalized spacial score (nSPS) is 11.6. The molecule has 5 heteroatoms. The fraction of sp³-hybridized carbons (Fsp3) is 0.174. The molecule has 4 nitrogen and oxygen atoms in total. The lowest BCUT2D eigenvalue weighted by Gasteiger charge is -2.07. The third-order valence-electron chi connectivity index (χ3n) is 4.55. The molecular weight excluding hydrogens is 370 g/mol. The van der Waals surface area contributed by atoms with Crippen molar-refractivity contribution in [3.8, 4) is 5.75 Å². The van der Waals surface area contributed by atoms with Gasteiger partial charge in [-0.1, -0.05) is 54.1 Å². The van der Waals surface area contributed by atoms with E-state index in [1.807, 2.05) is 55.5 Å². The first kappa shape index (κ1) is 19.8. The van der Waals surface area contributed by atoms with Gasteiger partial charge in [-0.15, -0.1) is 0 Å². The minimum absolute atomic E-state index is 0.199. The minimum Gasteiger partial charge on any atom is -0.497 e. The van der Waals surface area contributed by atoms with Gasteiger partial charge in [-0.05, 0) is 60.7 Å². The van der Waals surface area contributed by atoms with Gasteiger partial charge in [0.05, 0.1) is 12.0 Å². The zero-order valence-electron chi connectivity index (χ0n) is 16.0. The molecule has 3 aromatic rings. The lowest BCUT2D eigenvalue weighted by Crippen LogP contribution is -2.00. The topological polar surface area (TPSA) is 55.7 Å². The van der Waals surface area contributed by atoms with Crippen LogP contribution in [0.15, 0.2) is 82.1 Å². The van der Waals surface area contributed by atoms with Crippen LogP contribution in [0.3, 0.4) is 0 Å². The Bertz CT molecular complexity index is 1050. The number of sulfonamides is 1. The Balaban J connectivity index is 1.75. The smallest absolute Gasteiger partial charge is 0.282 e. The van der Waals surface area contributed by atoms with E-state index in [-0.39, 0.29) is 4.90 Å². The first-order valence-electron chi connectivity index (χ1n) is 9.06. The van der Waals surface area contributed by atoms with Gasteiger partial charge in [0.1, 0.15) is 5.75 Å². The molecule has 3 aromatic carbocycles. The standard InChI is InChI=1S/C23H23NO3S/c1-18-7-15-23(16-8-18)28(25,26)24-17-21-6-4-3-5-20(21)12-9-19-10-13-22(27-2)14-11-19/h3-8,10-11,13-17H,9,12H2,1-2H3/b24-17+. The molecule has 0 bridgehead atoms. The molecule has 0 heterocycles. The van der Waals surface area contributed by atoms with Crippen LogP contribution >= 0.6 is 0 Å². The summed E-state index contributed by atoms with van der Waals surface area (Å²) in [6.45, 7) is 1.92. The minimum atomic E-state index is -3.71. The maximum Gasteiger partial charge on any atom is 0.282 e. The Kier molecular flexibility index (Phi) is 6.26. The van der Waals surface area contributed by atoms with E-state index in [1.165, 1.54) is 11.8 Å². The molecule has 0 aromatic heterocycles. The predicted molar refractivity (Wildman–Crippen MR) is 113 cm³/mol. The molecule has 0 aliphatic rings. The summed E-state index contributed by atoms with van der Waals surface area (Å²) in [5.41, 5.74) is 4.07. The van der Waals surface area contributed by atoms with Crippen molar-refractivity contribution in [2.75, 3.05) is 7.11 Å². The average molecular weight is 394 g/mol. The number of benzene rings is 3. The second-order valence-electron chi connectivity index (χ2n) is 6.57. The Labute approximate surface area is 166 Å². The SMILES string of the molecule is COc1ccc(CCc2ccccc2/C=N/S(=O)(=O)c2ccc(C)cc2)cc1. The van der Waals surface area contributed by atoms with Crippen LogP contribution in [0.25, 0.3) is 0 Å². The van der Waals surface area contributed by atoms with Crippen molar-refractivity contribution in [1.29, 1.82) is 0 Å². The summed E-state index contributed by atoms with van der Waals surface area (Å²) in [6, 6.07) is 22.4. The summed E-state index contributed by atoms with van der Waals surface area (Å²) in [5, 5.41) is 0. The molecule has 0 amide bonds. The van der Waals surface area contributed by atoms with E-state index in [9.17, 15) is 8.42 Å². The molecule has 0 saturated heterocycles. The number of ether oxygens (including phenoxy) is 1. The third kappa shape index (κ3) is 5.08. The van der Waals surface area contributed by atoms with Crippen LogP contribution in [0.1, 0.15) is 22.3 Å². The predicted octanol–water partition coefficient (Wildman–Crippen LogP) is 4.60. The lowest BCUT2D eigenvalue weighted by molar-refractivity contribution is 0.414. The number of hydrogen-bond donors (Lipinski definition) is 0. The van der Waals surface area contributed by atoms with Gasteiger partial charge in [0, 0.05) is 6.21 Å². The lowest BCUT2D eigenvalue weighted by atomic mass is 10.0. The van der Waals surface area contributed by atoms with Crippen molar-refractivity contribution in [2.45, 2.75) is 24.7 Å². The van der Waals surface area contributed by atoms with Crippen LogP contribution in [-0.2, 0) is 22.9 Å². The Morgan fingerprint density at radius 3 is 2.25 bits per heavy atom. The van der Waals surface area contributed by atoms with Crippen LogP contribution < -0.4 is 4.74 Å². The average Bonchev–Trinajstić information content (AvgIpc) is 2.72. The van der Waals surface area contributed by atoms with Crippen molar-refractivity contribution in [2.24, 2.45) is 4.40 Å². The fourth-order valence-corrected chi connectivity index (χ4v) is 3.71. The first-order valence-corrected chi connectivity index (χ1v) is 10.5. The van der Waals surface area contributed by atoms with E-state index >= 15 is 0 Å². The highest BCUT2D eigenvalue weighted by molar-refractivity contribution is 7.90. The van der Waals surface area contributed by atoms with Crippen LogP contribution in [0.5, 0.6) is 5.75 Å². The van der Waals surface area contributed by atoms with Gasteiger partial charge in [0.25, 0.3) is 10.0 Å². The van der Waals surface area contributed by atoms with Crippen molar-refractivity contribution in [3.05, 3.63) is 95.1 Å². The summed E-state index contributed by atoms with van der Waals surface area (Å²) in [6.07, 6.45) is 3.08. The van der Waals surface area contributed by atoms with Crippen LogP contribution in [0.4, 0.5) is 0 Å². The summed E-state index contributed by atoms with van der Waals surface area (Å²) < 4.78 is 34.0. The fourth-order valence-electron chi connectivity index (χ4n) is 2.86. The number of hydrogen-bond acceptors (Lipinski definition) is 3. The summed E-state index contributed by atoms with van der Waals surface area (Å²) in [5.74, 6) is 0.831. The second kappa shape index (κ2) is 8.85. The largest absolute Gasteiger partial charge is 0.497 e. The van der Waals surface area contributed by atoms with Crippen LogP contribution in [0, 0.1) is 6.92 Å². The monoisotopic (exact) mass is 393 g/mol. The highest BCUT2D eigenvalue weighted by Crippen LogP contribution is 2.17. The van der Waals surface area contributed by atoms with Gasteiger partial charge in [0.2, 0.25) is 0 Å². The zero-order valence-corrected chi connectivity index (χ0v) is 16.8. The molecule has 0 fully saturated rings. The second-order valence-corrected chi connectivity index (χ2v) is 8.20. The molecular formula is C23H23NO3S. The quantitative estimate of drug-likeness (QED) is 0.552. The molecule has 0 atom stereocenters. The molecule has 0 radical (unpaired) electrons. The summed E-state index contributed by atoms with van der Waals surface area (Å²) in [7, 11) is -2.06. The highest BCUT2D eigenvalue weighted by atomic mass is 32.2. The van der Waals surface area contributed by atoms with Crippen molar-refractivity contribution < 1.29 is 13.2 Å². The first-order chi connectivity index (χ1) is 13.5. The van der Waals surface area contributed by atoms with Crippen LogP contribution in [0.2, 0.25) is 0 Å². The maximum atomic E-state index is 12.5. The number of aryl methyl sites for hydroxylation is 3. The molecule has 3 rings (SSSR count). The van der Waals surface area contributed by atoms with E-state index in [4.69, 9.17) is 4.74 Å². The molecule has 0 N–H and O–H groups in total. The van der Waals surface area contributed by atoms with E-state index in [1.54, 1.807) is 31.4 Å². The molecule has 0 aliphatic heterocycles.